The van der Waals surface area contributed by atoms with E-state index < -0.39 is 11.7 Å². The highest BCUT2D eigenvalue weighted by atomic mass is 35.5. The van der Waals surface area contributed by atoms with Gasteiger partial charge in [0.05, 0.1) is 10.6 Å². The number of unbranched alkanes of at least 4 members (excludes halogenated alkanes) is 4. The first kappa shape index (κ1) is 18.1. The number of halogens is 4. The van der Waals surface area contributed by atoms with Gasteiger partial charge in [0.2, 0.25) is 0 Å². The fraction of sp³-hybridized carbons (Fsp3) is 0.600. The minimum Gasteiger partial charge on any atom is -0.405 e. The first-order valence-electron chi connectivity index (χ1n) is 7.10. The third kappa shape index (κ3) is 6.57. The number of benzene rings is 1. The number of alkyl halides is 3. The Kier molecular flexibility index (Phi) is 7.32. The summed E-state index contributed by atoms with van der Waals surface area (Å²) in [4.78, 5) is 5.39. The first-order chi connectivity index (χ1) is 9.84. The number of hydroxylamine groups is 2. The fourth-order valence-electron chi connectivity index (χ4n) is 1.90. The molecule has 0 radical (unpaired) electrons. The maximum atomic E-state index is 12.6. The lowest BCUT2D eigenvalue weighted by Crippen LogP contribution is -2.24. The molecule has 0 aliphatic heterocycles. The van der Waals surface area contributed by atoms with Crippen molar-refractivity contribution in [3.8, 4) is 5.75 Å². The number of hydrogen-bond donors (Lipinski definition) is 0. The summed E-state index contributed by atoms with van der Waals surface area (Å²) in [6.45, 7) is 2.79. The molecule has 0 aliphatic rings. The average molecular weight is 324 g/mol. The highest BCUT2D eigenvalue weighted by Gasteiger charge is 2.31. The summed E-state index contributed by atoms with van der Waals surface area (Å²) in [7, 11) is 1.69. The molecule has 1 rings (SSSR count). The lowest BCUT2D eigenvalue weighted by molar-refractivity contribution is -0.138. The van der Waals surface area contributed by atoms with E-state index in [0.717, 1.165) is 31.4 Å². The molecule has 2 nitrogen and oxygen atoms in total. The van der Waals surface area contributed by atoms with Gasteiger partial charge in [0.25, 0.3) is 0 Å². The third-order valence-corrected chi connectivity index (χ3v) is 3.40. The van der Waals surface area contributed by atoms with Crippen molar-refractivity contribution in [2.75, 3.05) is 13.6 Å². The van der Waals surface area contributed by atoms with Gasteiger partial charge < -0.3 is 4.84 Å². The fourth-order valence-corrected chi connectivity index (χ4v) is 2.05. The number of rotatable bonds is 8. The Morgan fingerprint density at radius 1 is 1.14 bits per heavy atom. The van der Waals surface area contributed by atoms with Gasteiger partial charge in [-0.2, -0.15) is 13.2 Å². The molecular formula is C15H21ClF3NO. The van der Waals surface area contributed by atoms with Crippen LogP contribution in [0.3, 0.4) is 0 Å². The molecule has 0 saturated heterocycles. The molecule has 0 saturated carbocycles. The summed E-state index contributed by atoms with van der Waals surface area (Å²) in [5.41, 5.74) is -0.766. The van der Waals surface area contributed by atoms with Crippen molar-refractivity contribution in [1.29, 1.82) is 0 Å². The Morgan fingerprint density at radius 3 is 2.43 bits per heavy atom. The van der Waals surface area contributed by atoms with Gasteiger partial charge in [-0.1, -0.05) is 44.2 Å². The predicted octanol–water partition coefficient (Wildman–Crippen LogP) is 5.55. The van der Waals surface area contributed by atoms with E-state index in [1.54, 1.807) is 7.05 Å². The van der Waals surface area contributed by atoms with Gasteiger partial charge in [0.15, 0.2) is 5.75 Å². The molecule has 0 heterocycles. The van der Waals surface area contributed by atoms with Gasteiger partial charge in [0, 0.05) is 13.6 Å². The zero-order valence-corrected chi connectivity index (χ0v) is 13.1. The van der Waals surface area contributed by atoms with Gasteiger partial charge in [-0.15, -0.1) is 5.06 Å². The smallest absolute Gasteiger partial charge is 0.405 e. The summed E-state index contributed by atoms with van der Waals surface area (Å²) in [5, 5.41) is 1.69. The van der Waals surface area contributed by atoms with E-state index in [1.807, 2.05) is 0 Å². The molecule has 6 heteroatoms. The zero-order chi connectivity index (χ0) is 15.9. The van der Waals surface area contributed by atoms with Crippen molar-refractivity contribution < 1.29 is 18.0 Å². The summed E-state index contributed by atoms with van der Waals surface area (Å²) < 4.78 is 37.9. The molecule has 0 spiro atoms. The Labute approximate surface area is 128 Å². The van der Waals surface area contributed by atoms with Gasteiger partial charge in [-0.05, 0) is 24.6 Å². The minimum absolute atomic E-state index is 0.0301. The van der Waals surface area contributed by atoms with Crippen LogP contribution in [0.1, 0.15) is 44.6 Å². The van der Waals surface area contributed by atoms with E-state index in [0.29, 0.717) is 6.54 Å². The predicted molar refractivity (Wildman–Crippen MR) is 78.5 cm³/mol. The highest BCUT2D eigenvalue weighted by Crippen LogP contribution is 2.35. The van der Waals surface area contributed by atoms with E-state index in [4.69, 9.17) is 16.4 Å². The van der Waals surface area contributed by atoms with Gasteiger partial charge in [-0.3, -0.25) is 0 Å². The van der Waals surface area contributed by atoms with Crippen molar-refractivity contribution in [2.45, 2.75) is 45.2 Å². The van der Waals surface area contributed by atoms with Gasteiger partial charge in [-0.25, -0.2) is 0 Å². The monoisotopic (exact) mass is 323 g/mol. The van der Waals surface area contributed by atoms with E-state index in [2.05, 4.69) is 6.92 Å². The highest BCUT2D eigenvalue weighted by molar-refractivity contribution is 6.32. The van der Waals surface area contributed by atoms with E-state index in [9.17, 15) is 13.2 Å². The maximum absolute atomic E-state index is 12.6. The third-order valence-electron chi connectivity index (χ3n) is 3.09. The molecule has 0 fully saturated rings. The maximum Gasteiger partial charge on any atom is 0.416 e. The largest absolute Gasteiger partial charge is 0.416 e. The second-order valence-electron chi connectivity index (χ2n) is 5.00. The molecule has 0 bridgehead atoms. The van der Waals surface area contributed by atoms with Crippen LogP contribution in [0.2, 0.25) is 5.02 Å². The Bertz CT molecular complexity index is 437. The van der Waals surface area contributed by atoms with Crippen molar-refractivity contribution >= 4 is 11.6 Å². The molecule has 0 amide bonds. The van der Waals surface area contributed by atoms with Crippen molar-refractivity contribution in [2.24, 2.45) is 0 Å². The lowest BCUT2D eigenvalue weighted by Gasteiger charge is -2.19. The van der Waals surface area contributed by atoms with Crippen LogP contribution in [-0.4, -0.2) is 18.7 Å². The molecule has 21 heavy (non-hydrogen) atoms. The molecule has 120 valence electrons. The van der Waals surface area contributed by atoms with Crippen LogP contribution < -0.4 is 4.84 Å². The van der Waals surface area contributed by atoms with Crippen LogP contribution in [0.5, 0.6) is 5.75 Å². The van der Waals surface area contributed by atoms with E-state index in [-0.39, 0.29) is 10.8 Å². The molecular weight excluding hydrogens is 303 g/mol. The van der Waals surface area contributed by atoms with Crippen molar-refractivity contribution in [3.63, 3.8) is 0 Å². The molecule has 0 unspecified atom stereocenters. The lowest BCUT2D eigenvalue weighted by atomic mass is 10.1. The molecule has 1 aromatic rings. The topological polar surface area (TPSA) is 12.5 Å². The van der Waals surface area contributed by atoms with Crippen molar-refractivity contribution in [3.05, 3.63) is 28.8 Å². The van der Waals surface area contributed by atoms with E-state index >= 15 is 0 Å². The standard InChI is InChI=1S/C15H21ClF3NO/c1-3-4-5-6-7-10-20(2)21-14-11-12(15(17,18)19)8-9-13(14)16/h8-9,11H,3-7,10H2,1-2H3. The number of hydrogen-bond acceptors (Lipinski definition) is 2. The van der Waals surface area contributed by atoms with Crippen LogP contribution in [0.4, 0.5) is 13.2 Å². The molecule has 0 N–H and O–H groups in total. The van der Waals surface area contributed by atoms with Crippen LogP contribution in [0.25, 0.3) is 0 Å². The van der Waals surface area contributed by atoms with E-state index in [1.165, 1.54) is 24.0 Å². The molecule has 0 atom stereocenters. The Morgan fingerprint density at radius 2 is 1.81 bits per heavy atom. The molecule has 1 aromatic carbocycles. The Hall–Kier alpha value is -0.940. The second-order valence-corrected chi connectivity index (χ2v) is 5.41. The van der Waals surface area contributed by atoms with Crippen LogP contribution in [0.15, 0.2) is 18.2 Å². The van der Waals surface area contributed by atoms with Crippen LogP contribution >= 0.6 is 11.6 Å². The summed E-state index contributed by atoms with van der Waals surface area (Å²) in [5.74, 6) is 0.0301. The van der Waals surface area contributed by atoms with Gasteiger partial charge in [0.1, 0.15) is 0 Å². The summed E-state index contributed by atoms with van der Waals surface area (Å²) in [6.07, 6.45) is 1.15. The zero-order valence-electron chi connectivity index (χ0n) is 12.3. The van der Waals surface area contributed by atoms with Gasteiger partial charge >= 0.3 is 6.18 Å². The normalized spacial score (nSPS) is 12.0. The minimum atomic E-state index is -4.40. The quantitative estimate of drug-likeness (QED) is 0.459. The van der Waals surface area contributed by atoms with Crippen molar-refractivity contribution in [1.82, 2.24) is 5.06 Å². The summed E-state index contributed by atoms with van der Waals surface area (Å²) >= 11 is 5.87. The SMILES string of the molecule is CCCCCCCN(C)Oc1cc(C(F)(F)F)ccc1Cl. The average Bonchev–Trinajstić information content (AvgIpc) is 2.40. The molecule has 0 aromatic heterocycles. The Balaban J connectivity index is 2.53. The number of nitrogens with zero attached hydrogens (tertiary/aromatic N) is 1. The second kappa shape index (κ2) is 8.49. The van der Waals surface area contributed by atoms with Crippen LogP contribution in [-0.2, 0) is 6.18 Å². The summed E-state index contributed by atoms with van der Waals surface area (Å²) in [6, 6.07) is 3.07. The van der Waals surface area contributed by atoms with Crippen LogP contribution in [0, 0.1) is 0 Å². The first-order valence-corrected chi connectivity index (χ1v) is 7.48. The molecule has 0 aliphatic carbocycles.